The molecule has 2 fully saturated rings. The monoisotopic (exact) mass is 294 g/mol. The quantitative estimate of drug-likeness (QED) is 0.649. The van der Waals surface area contributed by atoms with Crippen LogP contribution in [0.2, 0.25) is 0 Å². The van der Waals surface area contributed by atoms with Gasteiger partial charge in [-0.15, -0.1) is 0 Å². The highest BCUT2D eigenvalue weighted by molar-refractivity contribution is 5.90. The highest BCUT2D eigenvalue weighted by Gasteiger charge is 2.71. The summed E-state index contributed by atoms with van der Waals surface area (Å²) in [5.74, 6) is -1.53. The smallest absolute Gasteiger partial charge is 0.310 e. The average Bonchev–Trinajstić information content (AvgIpc) is 3.05. The number of ether oxygens (including phenoxy) is 1. The Kier molecular flexibility index (Phi) is 3.15. The molecule has 116 valence electrons. The lowest BCUT2D eigenvalue weighted by Gasteiger charge is -2.60. The van der Waals surface area contributed by atoms with E-state index in [9.17, 15) is 9.59 Å². The van der Waals surface area contributed by atoms with Crippen molar-refractivity contribution in [3.8, 4) is 0 Å². The first-order valence-corrected chi connectivity index (χ1v) is 7.41. The third-order valence-electron chi connectivity index (χ3n) is 5.55. The number of amides is 1. The van der Waals surface area contributed by atoms with E-state index in [0.29, 0.717) is 13.0 Å². The van der Waals surface area contributed by atoms with E-state index < -0.39 is 22.8 Å². The third-order valence-corrected chi connectivity index (χ3v) is 5.55. The Morgan fingerprint density at radius 2 is 2.10 bits per heavy atom. The van der Waals surface area contributed by atoms with Gasteiger partial charge in [-0.1, -0.05) is 26.0 Å². The summed E-state index contributed by atoms with van der Waals surface area (Å²) in [5.41, 5.74) is 5.10. The molecule has 0 bridgehead atoms. The van der Waals surface area contributed by atoms with Crippen LogP contribution >= 0.6 is 0 Å². The molecule has 0 radical (unpaired) electrons. The van der Waals surface area contributed by atoms with Crippen molar-refractivity contribution in [2.24, 2.45) is 23.0 Å². The van der Waals surface area contributed by atoms with Crippen molar-refractivity contribution >= 4 is 11.9 Å². The van der Waals surface area contributed by atoms with Crippen LogP contribution in [0.5, 0.6) is 0 Å². The molecule has 5 atom stereocenters. The molecule has 3 rings (SSSR count). The van der Waals surface area contributed by atoms with E-state index in [4.69, 9.17) is 15.6 Å². The van der Waals surface area contributed by atoms with Crippen LogP contribution in [0, 0.1) is 17.3 Å². The second kappa shape index (κ2) is 4.55. The molecule has 1 saturated carbocycles. The summed E-state index contributed by atoms with van der Waals surface area (Å²) in [4.78, 5) is 23.6. The van der Waals surface area contributed by atoms with Gasteiger partial charge in [0.2, 0.25) is 5.91 Å². The minimum Gasteiger partial charge on any atom is -0.481 e. The molecule has 1 aliphatic heterocycles. The predicted molar refractivity (Wildman–Crippen MR) is 75.4 cm³/mol. The van der Waals surface area contributed by atoms with Crippen molar-refractivity contribution in [2.75, 3.05) is 6.61 Å². The summed E-state index contributed by atoms with van der Waals surface area (Å²) < 4.78 is 5.68. The molecule has 5 unspecified atom stereocenters. The van der Waals surface area contributed by atoms with Crippen LogP contribution in [0.15, 0.2) is 12.2 Å². The van der Waals surface area contributed by atoms with Crippen molar-refractivity contribution < 1.29 is 19.4 Å². The minimum absolute atomic E-state index is 0.0409. The second-order valence-electron chi connectivity index (χ2n) is 6.92. The number of nitrogens with one attached hydrogen (secondary N) is 1. The Bertz CT molecular complexity index is 516. The van der Waals surface area contributed by atoms with Crippen LogP contribution in [-0.2, 0) is 14.3 Å². The predicted octanol–water partition coefficient (Wildman–Crippen LogP) is 0.274. The normalized spacial score (nSPS) is 43.2. The third kappa shape index (κ3) is 1.85. The number of carbonyl (C=O) groups is 2. The summed E-state index contributed by atoms with van der Waals surface area (Å²) in [6, 6.07) is -0.254. The van der Waals surface area contributed by atoms with Gasteiger partial charge in [-0.3, -0.25) is 9.59 Å². The zero-order chi connectivity index (χ0) is 15.4. The van der Waals surface area contributed by atoms with Crippen molar-refractivity contribution in [3.05, 3.63) is 12.2 Å². The second-order valence-corrected chi connectivity index (χ2v) is 6.92. The lowest BCUT2D eigenvalue weighted by Crippen LogP contribution is -2.80. The van der Waals surface area contributed by atoms with Gasteiger partial charge in [0.05, 0.1) is 12.0 Å². The van der Waals surface area contributed by atoms with E-state index in [1.807, 2.05) is 13.8 Å². The number of carbonyl (C=O) groups excluding carboxylic acids is 1. The molecule has 0 spiro atoms. The molecule has 2 aliphatic carbocycles. The summed E-state index contributed by atoms with van der Waals surface area (Å²) in [5, 5.41) is 11.9. The maximum atomic E-state index is 12.7. The number of fused-ring (bicyclic) bond motifs is 1. The first-order chi connectivity index (χ1) is 9.78. The lowest BCUT2D eigenvalue weighted by molar-refractivity contribution is -0.175. The Labute approximate surface area is 123 Å². The van der Waals surface area contributed by atoms with Gasteiger partial charge in [-0.25, -0.2) is 0 Å². The molecular weight excluding hydrogens is 272 g/mol. The number of hydrogen-bond donors (Lipinski definition) is 3. The number of carboxylic acids is 1. The van der Waals surface area contributed by atoms with Gasteiger partial charge in [0, 0.05) is 24.0 Å². The zero-order valence-corrected chi connectivity index (χ0v) is 12.3. The minimum atomic E-state index is -0.941. The number of hydrogen-bond acceptors (Lipinski definition) is 4. The van der Waals surface area contributed by atoms with E-state index in [-0.39, 0.29) is 24.0 Å². The largest absolute Gasteiger partial charge is 0.481 e. The Morgan fingerprint density at radius 3 is 2.71 bits per heavy atom. The SMILES string of the molecule is CC1(C)C2OCCC2C1(N)C(=O)NC1C=CC(C(=O)O)C1. The molecule has 6 heteroatoms. The molecule has 1 amide bonds. The van der Waals surface area contributed by atoms with Gasteiger partial charge < -0.3 is 20.9 Å². The van der Waals surface area contributed by atoms with Crippen molar-refractivity contribution in [1.29, 1.82) is 0 Å². The molecule has 3 aliphatic rings. The molecule has 0 aromatic carbocycles. The number of nitrogens with two attached hydrogens (primary N) is 1. The fourth-order valence-electron chi connectivity index (χ4n) is 4.12. The standard InChI is InChI=1S/C15H22N2O4/c1-14(2)11-10(5-6-21-11)15(14,16)13(20)17-9-4-3-8(7-9)12(18)19/h3-4,8-11H,5-7,16H2,1-2H3,(H,17,20)(H,18,19). The topological polar surface area (TPSA) is 102 Å². The molecule has 0 aromatic rings. The Balaban J connectivity index is 1.69. The number of carboxylic acid groups (broad SMARTS) is 1. The van der Waals surface area contributed by atoms with Crippen LogP contribution in [0.25, 0.3) is 0 Å². The molecule has 0 aromatic heterocycles. The average molecular weight is 294 g/mol. The van der Waals surface area contributed by atoms with Gasteiger partial charge in [0.15, 0.2) is 0 Å². The molecule has 1 heterocycles. The highest BCUT2D eigenvalue weighted by atomic mass is 16.5. The van der Waals surface area contributed by atoms with Crippen LogP contribution in [0.3, 0.4) is 0 Å². The number of rotatable bonds is 3. The van der Waals surface area contributed by atoms with Gasteiger partial charge in [-0.05, 0) is 12.8 Å². The van der Waals surface area contributed by atoms with E-state index in [1.165, 1.54) is 0 Å². The van der Waals surface area contributed by atoms with Gasteiger partial charge in [0.1, 0.15) is 5.54 Å². The molecule has 6 nitrogen and oxygen atoms in total. The van der Waals surface area contributed by atoms with E-state index in [0.717, 1.165) is 6.42 Å². The van der Waals surface area contributed by atoms with Crippen molar-refractivity contribution in [2.45, 2.75) is 44.4 Å². The first kappa shape index (κ1) is 14.5. The molecule has 4 N–H and O–H groups in total. The van der Waals surface area contributed by atoms with Crippen LogP contribution in [0.1, 0.15) is 26.7 Å². The van der Waals surface area contributed by atoms with Gasteiger partial charge >= 0.3 is 5.97 Å². The van der Waals surface area contributed by atoms with Crippen molar-refractivity contribution in [1.82, 2.24) is 5.32 Å². The summed E-state index contributed by atoms with van der Waals surface area (Å²) in [6.45, 7) is 4.57. The first-order valence-electron chi connectivity index (χ1n) is 7.41. The zero-order valence-electron chi connectivity index (χ0n) is 12.3. The fraction of sp³-hybridized carbons (Fsp3) is 0.733. The lowest BCUT2D eigenvalue weighted by atomic mass is 9.48. The molecular formula is C15H22N2O4. The molecule has 21 heavy (non-hydrogen) atoms. The van der Waals surface area contributed by atoms with Gasteiger partial charge in [0.25, 0.3) is 0 Å². The van der Waals surface area contributed by atoms with E-state index in [1.54, 1.807) is 12.2 Å². The summed E-state index contributed by atoms with van der Waals surface area (Å²) in [6.07, 6.45) is 4.61. The summed E-state index contributed by atoms with van der Waals surface area (Å²) >= 11 is 0. The fourth-order valence-corrected chi connectivity index (χ4v) is 4.12. The van der Waals surface area contributed by atoms with Crippen LogP contribution < -0.4 is 11.1 Å². The van der Waals surface area contributed by atoms with E-state index in [2.05, 4.69) is 5.32 Å². The molecule has 1 saturated heterocycles. The highest BCUT2D eigenvalue weighted by Crippen LogP contribution is 2.58. The van der Waals surface area contributed by atoms with Crippen LogP contribution in [-0.4, -0.2) is 41.3 Å². The maximum Gasteiger partial charge on any atom is 0.310 e. The van der Waals surface area contributed by atoms with Gasteiger partial charge in [-0.2, -0.15) is 0 Å². The number of aliphatic carboxylic acids is 1. The van der Waals surface area contributed by atoms with Crippen molar-refractivity contribution in [3.63, 3.8) is 0 Å². The van der Waals surface area contributed by atoms with E-state index >= 15 is 0 Å². The Morgan fingerprint density at radius 1 is 1.38 bits per heavy atom. The summed E-state index contributed by atoms with van der Waals surface area (Å²) in [7, 11) is 0. The van der Waals surface area contributed by atoms with Crippen LogP contribution in [0.4, 0.5) is 0 Å². The Hall–Kier alpha value is -1.40. The maximum absolute atomic E-state index is 12.7.